The fourth-order valence-corrected chi connectivity index (χ4v) is 4.09. The normalized spacial score (nSPS) is 18.7. The number of rotatable bonds is 6. The highest BCUT2D eigenvalue weighted by Gasteiger charge is 2.27. The molecule has 0 spiro atoms. The molecule has 1 aliphatic heterocycles. The predicted octanol–water partition coefficient (Wildman–Crippen LogP) is 1.96. The van der Waals surface area contributed by atoms with E-state index in [1.165, 1.54) is 9.87 Å². The molecule has 1 aliphatic rings. The molecule has 1 atom stereocenters. The van der Waals surface area contributed by atoms with Gasteiger partial charge in [-0.2, -0.15) is 0 Å². The molecule has 136 valence electrons. The van der Waals surface area contributed by atoms with Crippen molar-refractivity contribution in [3.63, 3.8) is 0 Å². The number of benzene rings is 1. The molecular weight excluding hydrogens is 439 g/mol. The van der Waals surface area contributed by atoms with Crippen LogP contribution in [-0.2, 0) is 10.0 Å². The standard InChI is InChI=1S/C16H26N4O2S.HI/c1-3-17-16(19-14(2)15-8-5-4-6-9-15)18-10-12-20-11-7-13-23(20,21)22;/h4-6,8-9,14H,3,7,10-13H2,1-2H3,(H2,17,18,19);1H. The van der Waals surface area contributed by atoms with E-state index in [-0.39, 0.29) is 35.8 Å². The lowest BCUT2D eigenvalue weighted by Crippen LogP contribution is -2.39. The van der Waals surface area contributed by atoms with Crippen molar-refractivity contribution < 1.29 is 8.42 Å². The molecule has 1 unspecified atom stereocenters. The summed E-state index contributed by atoms with van der Waals surface area (Å²) >= 11 is 0. The minimum atomic E-state index is -3.04. The number of hydrogen-bond donors (Lipinski definition) is 2. The highest BCUT2D eigenvalue weighted by atomic mass is 127. The second-order valence-corrected chi connectivity index (χ2v) is 7.69. The summed E-state index contributed by atoms with van der Waals surface area (Å²) in [6.07, 6.45) is 0.718. The summed E-state index contributed by atoms with van der Waals surface area (Å²) in [5, 5.41) is 6.55. The monoisotopic (exact) mass is 466 g/mol. The molecule has 0 bridgehead atoms. The van der Waals surface area contributed by atoms with Crippen LogP contribution < -0.4 is 10.6 Å². The maximum Gasteiger partial charge on any atom is 0.214 e. The van der Waals surface area contributed by atoms with Crippen LogP contribution in [0.4, 0.5) is 0 Å². The second-order valence-electron chi connectivity index (χ2n) is 5.61. The third kappa shape index (κ3) is 6.21. The fraction of sp³-hybridized carbons (Fsp3) is 0.562. The van der Waals surface area contributed by atoms with E-state index in [0.717, 1.165) is 13.0 Å². The first-order valence-corrected chi connectivity index (χ1v) is 9.71. The van der Waals surface area contributed by atoms with Crippen LogP contribution >= 0.6 is 24.0 Å². The number of hydrogen-bond acceptors (Lipinski definition) is 3. The highest BCUT2D eigenvalue weighted by molar-refractivity contribution is 14.0. The Hall–Kier alpha value is -0.870. The molecule has 24 heavy (non-hydrogen) atoms. The average molecular weight is 466 g/mol. The van der Waals surface area contributed by atoms with Gasteiger partial charge in [0, 0.05) is 19.6 Å². The first-order chi connectivity index (χ1) is 11.0. The maximum absolute atomic E-state index is 11.8. The molecule has 0 radical (unpaired) electrons. The molecule has 8 heteroatoms. The van der Waals surface area contributed by atoms with Crippen molar-refractivity contribution in [2.24, 2.45) is 4.99 Å². The van der Waals surface area contributed by atoms with Crippen molar-refractivity contribution in [3.05, 3.63) is 35.9 Å². The molecule has 0 aromatic heterocycles. The first-order valence-electron chi connectivity index (χ1n) is 8.10. The average Bonchev–Trinajstić information content (AvgIpc) is 2.87. The fourth-order valence-electron chi connectivity index (χ4n) is 2.57. The Morgan fingerprint density at radius 3 is 2.62 bits per heavy atom. The number of sulfonamides is 1. The van der Waals surface area contributed by atoms with Gasteiger partial charge < -0.3 is 10.6 Å². The van der Waals surface area contributed by atoms with Crippen molar-refractivity contribution in [2.45, 2.75) is 26.3 Å². The molecule has 0 aliphatic carbocycles. The Morgan fingerprint density at radius 2 is 2.04 bits per heavy atom. The summed E-state index contributed by atoms with van der Waals surface area (Å²) in [7, 11) is -3.04. The Labute approximate surface area is 162 Å². The van der Waals surface area contributed by atoms with Gasteiger partial charge in [0.15, 0.2) is 5.96 Å². The third-order valence-electron chi connectivity index (χ3n) is 3.82. The largest absolute Gasteiger partial charge is 0.357 e. The van der Waals surface area contributed by atoms with Crippen molar-refractivity contribution in [1.82, 2.24) is 14.9 Å². The Morgan fingerprint density at radius 1 is 1.33 bits per heavy atom. The van der Waals surface area contributed by atoms with Crippen LogP contribution in [0.5, 0.6) is 0 Å². The molecule has 2 N–H and O–H groups in total. The van der Waals surface area contributed by atoms with Crippen LogP contribution in [0.15, 0.2) is 35.3 Å². The number of aliphatic imine (C=N–C) groups is 1. The Bertz CT molecular complexity index is 622. The van der Waals surface area contributed by atoms with Gasteiger partial charge in [-0.05, 0) is 25.8 Å². The zero-order chi connectivity index (χ0) is 16.7. The Balaban J connectivity index is 0.00000288. The van der Waals surface area contributed by atoms with Gasteiger partial charge in [0.2, 0.25) is 10.0 Å². The number of nitrogens with zero attached hydrogens (tertiary/aromatic N) is 2. The summed E-state index contributed by atoms with van der Waals surface area (Å²) in [4.78, 5) is 4.50. The van der Waals surface area contributed by atoms with Gasteiger partial charge in [0.1, 0.15) is 0 Å². The molecule has 2 rings (SSSR count). The van der Waals surface area contributed by atoms with Gasteiger partial charge in [-0.1, -0.05) is 30.3 Å². The smallest absolute Gasteiger partial charge is 0.214 e. The number of nitrogens with one attached hydrogen (secondary N) is 2. The second kappa shape index (κ2) is 10.2. The zero-order valence-electron chi connectivity index (χ0n) is 14.2. The molecular formula is C16H27IN4O2S. The summed E-state index contributed by atoms with van der Waals surface area (Å²) in [6.45, 7) is 6.36. The van der Waals surface area contributed by atoms with Crippen molar-refractivity contribution in [3.8, 4) is 0 Å². The van der Waals surface area contributed by atoms with E-state index < -0.39 is 10.0 Å². The highest BCUT2D eigenvalue weighted by Crippen LogP contribution is 2.13. The molecule has 1 aromatic rings. The van der Waals surface area contributed by atoms with Gasteiger partial charge in [0.25, 0.3) is 0 Å². The van der Waals surface area contributed by atoms with Crippen LogP contribution in [0.2, 0.25) is 0 Å². The zero-order valence-corrected chi connectivity index (χ0v) is 17.4. The third-order valence-corrected chi connectivity index (χ3v) is 5.78. The molecule has 1 heterocycles. The van der Waals surface area contributed by atoms with Crippen LogP contribution in [0.3, 0.4) is 0 Å². The minimum absolute atomic E-state index is 0. The van der Waals surface area contributed by atoms with E-state index in [1.54, 1.807) is 0 Å². The quantitative estimate of drug-likeness (QED) is 0.382. The molecule has 1 saturated heterocycles. The molecule has 1 fully saturated rings. The molecule has 1 aromatic carbocycles. The van der Waals surface area contributed by atoms with E-state index in [2.05, 4.69) is 34.7 Å². The van der Waals surface area contributed by atoms with E-state index in [4.69, 9.17) is 0 Å². The van der Waals surface area contributed by atoms with Crippen LogP contribution in [0.25, 0.3) is 0 Å². The summed E-state index contributed by atoms with van der Waals surface area (Å²) in [6, 6.07) is 10.3. The lowest BCUT2D eigenvalue weighted by Gasteiger charge is -2.19. The van der Waals surface area contributed by atoms with Crippen LogP contribution in [-0.4, -0.2) is 50.6 Å². The van der Waals surface area contributed by atoms with Gasteiger partial charge in [-0.15, -0.1) is 24.0 Å². The molecule has 0 saturated carbocycles. The van der Waals surface area contributed by atoms with E-state index >= 15 is 0 Å². The van der Waals surface area contributed by atoms with Gasteiger partial charge in [-0.3, -0.25) is 4.99 Å². The van der Waals surface area contributed by atoms with Crippen LogP contribution in [0.1, 0.15) is 31.9 Å². The van der Waals surface area contributed by atoms with E-state index in [0.29, 0.717) is 25.6 Å². The van der Waals surface area contributed by atoms with Gasteiger partial charge in [0.05, 0.1) is 18.3 Å². The van der Waals surface area contributed by atoms with Crippen molar-refractivity contribution in [1.29, 1.82) is 0 Å². The Kier molecular flexibility index (Phi) is 8.99. The topological polar surface area (TPSA) is 73.8 Å². The van der Waals surface area contributed by atoms with Crippen molar-refractivity contribution in [2.75, 3.05) is 31.9 Å². The SMILES string of the molecule is CCNC(=NCCN1CCCS1(=O)=O)NC(C)c1ccccc1.I. The lowest BCUT2D eigenvalue weighted by molar-refractivity contribution is 0.452. The lowest BCUT2D eigenvalue weighted by atomic mass is 10.1. The summed E-state index contributed by atoms with van der Waals surface area (Å²) in [5.74, 6) is 0.973. The number of halogens is 1. The summed E-state index contributed by atoms with van der Waals surface area (Å²) in [5.41, 5.74) is 1.18. The van der Waals surface area contributed by atoms with E-state index in [1.807, 2.05) is 25.1 Å². The van der Waals surface area contributed by atoms with E-state index in [9.17, 15) is 8.42 Å². The molecule has 0 amide bonds. The minimum Gasteiger partial charge on any atom is -0.357 e. The first kappa shape index (κ1) is 21.2. The maximum atomic E-state index is 11.8. The predicted molar refractivity (Wildman–Crippen MR) is 109 cm³/mol. The van der Waals surface area contributed by atoms with Gasteiger partial charge in [-0.25, -0.2) is 12.7 Å². The summed E-state index contributed by atoms with van der Waals surface area (Å²) < 4.78 is 25.1. The van der Waals surface area contributed by atoms with Crippen molar-refractivity contribution >= 4 is 40.0 Å². The van der Waals surface area contributed by atoms with Gasteiger partial charge >= 0.3 is 0 Å². The molecule has 6 nitrogen and oxygen atoms in total. The number of guanidine groups is 1. The van der Waals surface area contributed by atoms with Crippen LogP contribution in [0, 0.1) is 0 Å².